The number of thiol groups is 2. The monoisotopic (exact) mass is 1230 g/mol. The van der Waals surface area contributed by atoms with Crippen molar-refractivity contribution in [3.8, 4) is 34.5 Å². The van der Waals surface area contributed by atoms with Crippen LogP contribution in [-0.4, -0.2) is 114 Å². The van der Waals surface area contributed by atoms with E-state index in [1.807, 2.05) is 36.4 Å². The zero-order valence-electron chi connectivity index (χ0n) is 43.9. The molecule has 8 N–H and O–H groups in total. The fourth-order valence-electron chi connectivity index (χ4n) is 12.3. The summed E-state index contributed by atoms with van der Waals surface area (Å²) in [4.78, 5) is 25.0. The standard InChI is InChI=1S/2C28H33NO7S2.O.Tc/c2*1-12(30)15-8-19-24(22(9-15)36-23-11-20(29-28(37)38)25(31)13(2)35-23)27(33)18-10-16-14(7-17(18)26(19)32)5-4-6-21(16)34-3;;/h2*4-6,13,15,20,22-23,25,31-33H,7-11H2,1-3H3,(H2,29,37,38);;/q;;-2;+5/i;;;1+1. The normalized spacial score (nSPS) is 27.3. The fourth-order valence-corrected chi connectivity index (χ4v) is 12.9. The molecule has 0 radical (unpaired) electrons. The predicted molar refractivity (Wildman–Crippen MR) is 297 cm³/mol. The van der Waals surface area contributed by atoms with Crippen molar-refractivity contribution in [3.05, 3.63) is 103 Å². The van der Waals surface area contributed by atoms with Gasteiger partial charge in [-0.2, -0.15) is 0 Å². The smallest absolute Gasteiger partial charge is 2.00 e. The summed E-state index contributed by atoms with van der Waals surface area (Å²) in [5.74, 6) is 1.06. The van der Waals surface area contributed by atoms with Gasteiger partial charge in [-0.05, 0) is 76.6 Å². The summed E-state index contributed by atoms with van der Waals surface area (Å²) in [6, 6.07) is 10.7. The molecule has 4 aromatic carbocycles. The van der Waals surface area contributed by atoms with Gasteiger partial charge in [0.2, 0.25) is 0 Å². The van der Waals surface area contributed by atoms with Gasteiger partial charge in [0.25, 0.3) is 0 Å². The second-order valence-electron chi connectivity index (χ2n) is 20.8. The molecule has 2 fully saturated rings. The Labute approximate surface area is 488 Å². The molecule has 22 heteroatoms. The number of nitrogens with one attached hydrogen (secondary N) is 2. The van der Waals surface area contributed by atoms with Crippen molar-refractivity contribution in [1.29, 1.82) is 0 Å². The maximum absolute atomic E-state index is 12.5. The molecule has 0 saturated carbocycles. The largest absolute Gasteiger partial charge is 5.00 e. The fraction of sp³-hybridized carbons (Fsp3) is 0.500. The van der Waals surface area contributed by atoms with E-state index in [9.17, 15) is 40.2 Å². The van der Waals surface area contributed by atoms with Gasteiger partial charge in [-0.25, -0.2) is 0 Å². The van der Waals surface area contributed by atoms with Gasteiger partial charge >= 0.3 is 20.1 Å². The first kappa shape index (κ1) is 61.5. The maximum atomic E-state index is 12.5. The molecule has 12 unspecified atom stereocenters. The molecule has 4 aromatic rings. The van der Waals surface area contributed by atoms with Crippen molar-refractivity contribution < 1.29 is 94.2 Å². The Hall–Kier alpha value is -4.13. The van der Waals surface area contributed by atoms with E-state index < -0.39 is 61.3 Å². The number of phenolic OH excluding ortho intramolecular Hbond substituents is 4. The van der Waals surface area contributed by atoms with Crippen LogP contribution in [0.4, 0.5) is 0 Å². The van der Waals surface area contributed by atoms with Crippen LogP contribution in [0.25, 0.3) is 0 Å². The topological polar surface area (TPSA) is 263 Å². The van der Waals surface area contributed by atoms with Gasteiger partial charge in [0.15, 0.2) is 12.6 Å². The summed E-state index contributed by atoms with van der Waals surface area (Å²) in [6.07, 6.45) is -2.01. The Bertz CT molecular complexity index is 2770. The average Bonchev–Trinajstić information content (AvgIpc) is 3.53. The number of aromatic hydroxyl groups is 4. The van der Waals surface area contributed by atoms with Gasteiger partial charge < -0.3 is 75.2 Å². The number of carbonyl (C=O) groups excluding carboxylic acids is 2. The summed E-state index contributed by atoms with van der Waals surface area (Å²) < 4.78 is 36.4. The number of Topliss-reactive ketones (excluding diaryl/α,β-unsaturated/α-hetero) is 2. The minimum atomic E-state index is -0.817. The van der Waals surface area contributed by atoms with E-state index >= 15 is 0 Å². The van der Waals surface area contributed by atoms with Gasteiger partial charge in [0.05, 0.1) is 50.7 Å². The number of ether oxygens (including phenoxy) is 6. The molecule has 12 atom stereocenters. The van der Waals surface area contributed by atoms with E-state index in [0.717, 1.165) is 33.8 Å². The van der Waals surface area contributed by atoms with Gasteiger partial charge in [-0.3, -0.25) is 9.59 Å². The van der Waals surface area contributed by atoms with Crippen molar-refractivity contribution in [3.63, 3.8) is 0 Å². The summed E-state index contributed by atoms with van der Waals surface area (Å²) in [5.41, 5.74) is 8.70. The molecule has 2 saturated heterocycles. The van der Waals surface area contributed by atoms with Crippen LogP contribution in [-0.2, 0) is 92.6 Å². The number of rotatable bonds is 10. The molecular formula is C56H66N2O15S4Tc+3. The summed E-state index contributed by atoms with van der Waals surface area (Å²) in [5, 5.41) is 73.4. The SMILES string of the molecule is COc1cccc2c1Cc1c(O)c3c(c(O)c1C2)CC(C(C)=O)CC3OC1CC(NC(=S)S)C(O)C(C)O1.COc1cccc2c1Cc1c(O)c3c(c(O)c1C2)CC(C(C)=O)CC3OC1CC(NC(=S)S)C(O)C(C)O1.[99Tc+5].[O-2]. The first-order valence-corrected chi connectivity index (χ1v) is 27.3. The van der Waals surface area contributed by atoms with Crippen LogP contribution < -0.4 is 20.1 Å². The molecule has 0 bridgehead atoms. The van der Waals surface area contributed by atoms with Crippen LogP contribution in [0, 0.1) is 11.8 Å². The second-order valence-corrected chi connectivity index (χ2v) is 23.2. The minimum absolute atomic E-state index is 0. The first-order valence-electron chi connectivity index (χ1n) is 25.6. The molecule has 6 aliphatic rings. The Morgan fingerprint density at radius 3 is 1.27 bits per heavy atom. The number of benzene rings is 4. The summed E-state index contributed by atoms with van der Waals surface area (Å²) >= 11 is 18.4. The van der Waals surface area contributed by atoms with E-state index in [2.05, 4.69) is 35.9 Å². The Kier molecular flexibility index (Phi) is 20.0. The van der Waals surface area contributed by atoms with Gasteiger partial charge in [0, 0.05) is 106 Å². The average molecular weight is 1230 g/mol. The van der Waals surface area contributed by atoms with E-state index in [4.69, 9.17) is 52.9 Å². The van der Waals surface area contributed by atoms with E-state index in [0.29, 0.717) is 95.9 Å². The minimum Gasteiger partial charge on any atom is -2.00 e. The van der Waals surface area contributed by atoms with Gasteiger partial charge in [0.1, 0.15) is 66.9 Å². The molecule has 2 aliphatic heterocycles. The van der Waals surface area contributed by atoms with Crippen molar-refractivity contribution >= 4 is 69.9 Å². The molecule has 17 nitrogen and oxygen atoms in total. The van der Waals surface area contributed by atoms with E-state index in [1.165, 1.54) is 13.8 Å². The Morgan fingerprint density at radius 1 is 0.577 bits per heavy atom. The molecule has 418 valence electrons. The second kappa shape index (κ2) is 25.3. The van der Waals surface area contributed by atoms with Crippen molar-refractivity contribution in [2.75, 3.05) is 14.2 Å². The Morgan fingerprint density at radius 2 is 0.936 bits per heavy atom. The number of hydrogen-bond donors (Lipinski definition) is 10. The van der Waals surface area contributed by atoms with Crippen LogP contribution in [0.2, 0.25) is 0 Å². The van der Waals surface area contributed by atoms with Crippen molar-refractivity contribution in [2.45, 2.75) is 153 Å². The number of phenols is 4. The number of methoxy groups -OCH3 is 2. The van der Waals surface area contributed by atoms with E-state index in [-0.39, 0.29) is 93.5 Å². The number of aliphatic hydroxyl groups is 2. The summed E-state index contributed by atoms with van der Waals surface area (Å²) in [7, 11) is 3.23. The van der Waals surface area contributed by atoms with Gasteiger partial charge in [-0.15, -0.1) is 25.3 Å². The van der Waals surface area contributed by atoms with Crippen molar-refractivity contribution in [2.24, 2.45) is 11.8 Å². The van der Waals surface area contributed by atoms with Crippen LogP contribution in [0.3, 0.4) is 0 Å². The van der Waals surface area contributed by atoms with Crippen LogP contribution in [0.5, 0.6) is 34.5 Å². The number of aliphatic hydroxyl groups excluding tert-OH is 2. The first-order chi connectivity index (χ1) is 36.2. The molecule has 78 heavy (non-hydrogen) atoms. The van der Waals surface area contributed by atoms with Crippen LogP contribution in [0.15, 0.2) is 36.4 Å². The zero-order valence-corrected chi connectivity index (χ0v) is 49.2. The number of thiocarbonyl (C=S) groups is 2. The molecule has 2 heterocycles. The van der Waals surface area contributed by atoms with Gasteiger partial charge in [-0.1, -0.05) is 48.7 Å². The quantitative estimate of drug-likeness (QED) is 0.0382. The van der Waals surface area contributed by atoms with E-state index in [1.54, 1.807) is 28.1 Å². The summed E-state index contributed by atoms with van der Waals surface area (Å²) in [6.45, 7) is 6.56. The van der Waals surface area contributed by atoms with Crippen LogP contribution >= 0.6 is 49.7 Å². The third-order valence-electron chi connectivity index (χ3n) is 16.3. The maximum Gasteiger partial charge on any atom is 5.00 e. The molecule has 4 aliphatic carbocycles. The number of carbonyl (C=O) groups is 2. The molecular weight excluding hydrogens is 1170 g/mol. The number of hydrogen-bond acceptors (Lipinski definition) is 16. The third-order valence-corrected chi connectivity index (χ3v) is 16.8. The molecule has 0 amide bonds. The predicted octanol–water partition coefficient (Wildman–Crippen LogP) is 6.84. The molecule has 10 rings (SSSR count). The number of ketones is 2. The number of fused-ring (bicyclic) bond motifs is 6. The molecule has 0 aromatic heterocycles. The zero-order chi connectivity index (χ0) is 54.6. The van der Waals surface area contributed by atoms with Crippen molar-refractivity contribution in [1.82, 2.24) is 10.6 Å². The third kappa shape index (κ3) is 12.2. The molecule has 0 spiro atoms. The van der Waals surface area contributed by atoms with Crippen LogP contribution in [0.1, 0.15) is 132 Å². The Balaban J connectivity index is 0.000000220.